The van der Waals surface area contributed by atoms with Crippen LogP contribution in [0.15, 0.2) is 42.7 Å². The van der Waals surface area contributed by atoms with E-state index in [4.69, 9.17) is 27.9 Å². The highest BCUT2D eigenvalue weighted by molar-refractivity contribution is 6.42. The van der Waals surface area contributed by atoms with Crippen LogP contribution in [0.3, 0.4) is 0 Å². The highest BCUT2D eigenvalue weighted by Gasteiger charge is 2.10. The maximum absolute atomic E-state index is 11.8. The Morgan fingerprint density at radius 1 is 1.24 bits per heavy atom. The molecule has 2 aromatic rings. The SMILES string of the molecule is C[C@@H](NC(=O)COc1ccc(Cl)c(Cl)c1)c1ccncc1. The molecule has 1 heterocycles. The van der Waals surface area contributed by atoms with E-state index in [0.29, 0.717) is 15.8 Å². The van der Waals surface area contributed by atoms with E-state index in [9.17, 15) is 4.79 Å². The van der Waals surface area contributed by atoms with Gasteiger partial charge in [0.25, 0.3) is 5.91 Å². The molecule has 1 N–H and O–H groups in total. The molecule has 0 saturated heterocycles. The molecule has 1 aromatic carbocycles. The van der Waals surface area contributed by atoms with Crippen molar-refractivity contribution in [3.8, 4) is 5.75 Å². The van der Waals surface area contributed by atoms with Crippen molar-refractivity contribution in [3.05, 3.63) is 58.3 Å². The number of hydrogen-bond donors (Lipinski definition) is 1. The zero-order chi connectivity index (χ0) is 15.2. The molecule has 1 aromatic heterocycles. The third-order valence-corrected chi connectivity index (χ3v) is 3.58. The van der Waals surface area contributed by atoms with Gasteiger partial charge in [0.05, 0.1) is 16.1 Å². The molecule has 0 spiro atoms. The van der Waals surface area contributed by atoms with E-state index in [-0.39, 0.29) is 18.6 Å². The molecule has 0 unspecified atom stereocenters. The molecule has 1 amide bonds. The predicted octanol–water partition coefficient (Wildman–Crippen LogP) is 3.64. The summed E-state index contributed by atoms with van der Waals surface area (Å²) in [6.07, 6.45) is 3.37. The Kier molecular flexibility index (Phi) is 5.42. The van der Waals surface area contributed by atoms with Crippen LogP contribution in [-0.4, -0.2) is 17.5 Å². The quantitative estimate of drug-likeness (QED) is 0.913. The Bertz CT molecular complexity index is 620. The van der Waals surface area contributed by atoms with Gasteiger partial charge in [0.15, 0.2) is 6.61 Å². The van der Waals surface area contributed by atoms with E-state index in [2.05, 4.69) is 10.3 Å². The van der Waals surface area contributed by atoms with Gasteiger partial charge in [-0.25, -0.2) is 0 Å². The van der Waals surface area contributed by atoms with E-state index in [1.54, 1.807) is 30.6 Å². The summed E-state index contributed by atoms with van der Waals surface area (Å²) in [6.45, 7) is 1.81. The maximum atomic E-state index is 11.8. The molecule has 0 aliphatic carbocycles. The van der Waals surface area contributed by atoms with Gasteiger partial charge in [0.2, 0.25) is 0 Å². The molecule has 6 heteroatoms. The second-order valence-corrected chi connectivity index (χ2v) is 5.25. The van der Waals surface area contributed by atoms with Crippen molar-refractivity contribution < 1.29 is 9.53 Å². The molecule has 0 saturated carbocycles. The Morgan fingerprint density at radius 3 is 2.62 bits per heavy atom. The van der Waals surface area contributed by atoms with Crippen LogP contribution < -0.4 is 10.1 Å². The lowest BCUT2D eigenvalue weighted by molar-refractivity contribution is -0.123. The minimum Gasteiger partial charge on any atom is -0.484 e. The van der Waals surface area contributed by atoms with Crippen molar-refractivity contribution >= 4 is 29.1 Å². The van der Waals surface area contributed by atoms with Crippen LogP contribution in [-0.2, 0) is 4.79 Å². The largest absolute Gasteiger partial charge is 0.484 e. The first-order chi connectivity index (χ1) is 10.1. The number of pyridine rings is 1. The molecule has 1 atom stereocenters. The van der Waals surface area contributed by atoms with Crippen molar-refractivity contribution in [2.24, 2.45) is 0 Å². The van der Waals surface area contributed by atoms with Crippen LogP contribution in [0.25, 0.3) is 0 Å². The molecule has 0 fully saturated rings. The number of halogens is 2. The lowest BCUT2D eigenvalue weighted by atomic mass is 10.1. The zero-order valence-electron chi connectivity index (χ0n) is 11.3. The molecule has 21 heavy (non-hydrogen) atoms. The van der Waals surface area contributed by atoms with Crippen LogP contribution in [0.4, 0.5) is 0 Å². The van der Waals surface area contributed by atoms with Gasteiger partial charge < -0.3 is 10.1 Å². The lowest BCUT2D eigenvalue weighted by Crippen LogP contribution is -2.31. The third kappa shape index (κ3) is 4.62. The van der Waals surface area contributed by atoms with Gasteiger partial charge in [0.1, 0.15) is 5.75 Å². The summed E-state index contributed by atoms with van der Waals surface area (Å²) in [6, 6.07) is 8.45. The first-order valence-corrected chi connectivity index (χ1v) is 7.09. The number of nitrogens with one attached hydrogen (secondary N) is 1. The summed E-state index contributed by atoms with van der Waals surface area (Å²) >= 11 is 11.7. The smallest absolute Gasteiger partial charge is 0.258 e. The predicted molar refractivity (Wildman–Crippen MR) is 82.8 cm³/mol. The zero-order valence-corrected chi connectivity index (χ0v) is 12.9. The maximum Gasteiger partial charge on any atom is 0.258 e. The van der Waals surface area contributed by atoms with Gasteiger partial charge in [-0.2, -0.15) is 0 Å². The van der Waals surface area contributed by atoms with E-state index < -0.39 is 0 Å². The number of rotatable bonds is 5. The van der Waals surface area contributed by atoms with E-state index >= 15 is 0 Å². The van der Waals surface area contributed by atoms with Gasteiger partial charge in [-0.1, -0.05) is 23.2 Å². The monoisotopic (exact) mass is 324 g/mol. The molecular weight excluding hydrogens is 311 g/mol. The number of aromatic nitrogens is 1. The molecule has 0 radical (unpaired) electrons. The van der Waals surface area contributed by atoms with Gasteiger partial charge in [-0.15, -0.1) is 0 Å². The highest BCUT2D eigenvalue weighted by Crippen LogP contribution is 2.26. The van der Waals surface area contributed by atoms with Crippen molar-refractivity contribution in [1.82, 2.24) is 10.3 Å². The molecule has 2 rings (SSSR count). The van der Waals surface area contributed by atoms with E-state index in [1.807, 2.05) is 19.1 Å². The van der Waals surface area contributed by atoms with Crippen LogP contribution in [0.1, 0.15) is 18.5 Å². The third-order valence-electron chi connectivity index (χ3n) is 2.84. The van der Waals surface area contributed by atoms with Crippen molar-refractivity contribution in [1.29, 1.82) is 0 Å². The van der Waals surface area contributed by atoms with Crippen LogP contribution >= 0.6 is 23.2 Å². The van der Waals surface area contributed by atoms with Crippen molar-refractivity contribution in [2.45, 2.75) is 13.0 Å². The number of amides is 1. The summed E-state index contributed by atoms with van der Waals surface area (Å²) in [4.78, 5) is 15.8. The number of benzene rings is 1. The van der Waals surface area contributed by atoms with Gasteiger partial charge in [0, 0.05) is 18.5 Å². The van der Waals surface area contributed by atoms with Crippen molar-refractivity contribution in [3.63, 3.8) is 0 Å². The molecule has 4 nitrogen and oxygen atoms in total. The number of ether oxygens (including phenoxy) is 1. The summed E-state index contributed by atoms with van der Waals surface area (Å²) in [5.74, 6) is 0.279. The second kappa shape index (κ2) is 7.29. The Morgan fingerprint density at radius 2 is 1.95 bits per heavy atom. The topological polar surface area (TPSA) is 51.2 Å². The number of hydrogen-bond acceptors (Lipinski definition) is 3. The second-order valence-electron chi connectivity index (χ2n) is 4.43. The normalized spacial score (nSPS) is 11.8. The fourth-order valence-electron chi connectivity index (χ4n) is 1.73. The summed E-state index contributed by atoms with van der Waals surface area (Å²) in [5, 5.41) is 3.67. The fraction of sp³-hybridized carbons (Fsp3) is 0.200. The van der Waals surface area contributed by atoms with Crippen LogP contribution in [0.5, 0.6) is 5.75 Å². The standard InChI is InChI=1S/C15H14Cl2N2O2/c1-10(11-4-6-18-7-5-11)19-15(20)9-21-12-2-3-13(16)14(17)8-12/h2-8,10H,9H2,1H3,(H,19,20)/t10-/m1/s1. The minimum atomic E-state index is -0.217. The summed E-state index contributed by atoms with van der Waals surface area (Å²) in [7, 11) is 0. The molecule has 0 aliphatic rings. The highest BCUT2D eigenvalue weighted by atomic mass is 35.5. The van der Waals surface area contributed by atoms with Crippen LogP contribution in [0, 0.1) is 0 Å². The summed E-state index contributed by atoms with van der Waals surface area (Å²) < 4.78 is 5.37. The average molecular weight is 325 g/mol. The van der Waals surface area contributed by atoms with E-state index in [1.165, 1.54) is 0 Å². The Balaban J connectivity index is 1.86. The van der Waals surface area contributed by atoms with Gasteiger partial charge in [-0.3, -0.25) is 9.78 Å². The first kappa shape index (κ1) is 15.6. The molecule has 0 bridgehead atoms. The number of nitrogens with zero attached hydrogens (tertiary/aromatic N) is 1. The minimum absolute atomic E-state index is 0.0899. The summed E-state index contributed by atoms with van der Waals surface area (Å²) in [5.41, 5.74) is 0.980. The van der Waals surface area contributed by atoms with Gasteiger partial charge >= 0.3 is 0 Å². The number of carbonyl (C=O) groups is 1. The Hall–Kier alpha value is -1.78. The lowest BCUT2D eigenvalue weighted by Gasteiger charge is -2.14. The number of carbonyl (C=O) groups excluding carboxylic acids is 1. The van der Waals surface area contributed by atoms with Crippen LogP contribution in [0.2, 0.25) is 10.0 Å². The first-order valence-electron chi connectivity index (χ1n) is 6.33. The molecular formula is C15H14Cl2N2O2. The average Bonchev–Trinajstić information content (AvgIpc) is 2.49. The van der Waals surface area contributed by atoms with Gasteiger partial charge in [-0.05, 0) is 36.8 Å². The molecule has 110 valence electrons. The van der Waals surface area contributed by atoms with Crippen molar-refractivity contribution in [2.75, 3.05) is 6.61 Å². The fourth-order valence-corrected chi connectivity index (χ4v) is 2.02. The van der Waals surface area contributed by atoms with E-state index in [0.717, 1.165) is 5.56 Å². The Labute approximate surface area is 133 Å². The molecule has 0 aliphatic heterocycles.